The molecule has 0 bridgehead atoms. The van der Waals surface area contributed by atoms with Gasteiger partial charge in [0.1, 0.15) is 90.4 Å². The molecule has 6 aliphatic heterocycles. The van der Waals surface area contributed by atoms with Crippen LogP contribution in [-0.2, 0) is 91.3 Å². The van der Waals surface area contributed by atoms with Gasteiger partial charge in [-0.15, -0.1) is 0 Å². The number of ether oxygens (including phenoxy) is 12. The Kier molecular flexibility index (Phi) is 40.7. The molecule has 468 valence electrons. The lowest BCUT2D eigenvalue weighted by Gasteiger charge is -2.33. The summed E-state index contributed by atoms with van der Waals surface area (Å²) < 4.78 is 102. The minimum Gasteiger partial charge on any atom is -0.780 e. The fraction of sp³-hybridized carbons (Fsp3) is 1.00. The molecule has 20 atom stereocenters. The summed E-state index contributed by atoms with van der Waals surface area (Å²) in [5.41, 5.74) is 0. The summed E-state index contributed by atoms with van der Waals surface area (Å²) in [6, 6.07) is -2.50. The quantitative estimate of drug-likeness (QED) is 0.0798. The zero-order valence-electron chi connectivity index (χ0n) is 50.8. The van der Waals surface area contributed by atoms with E-state index in [2.05, 4.69) is 0 Å². The van der Waals surface area contributed by atoms with Crippen LogP contribution in [0.3, 0.4) is 0 Å². The lowest BCUT2D eigenvalue weighted by Crippen LogP contribution is -2.33. The van der Waals surface area contributed by atoms with Gasteiger partial charge in [-0.25, -0.2) is 4.57 Å². The Balaban J connectivity index is 0.000000575. The van der Waals surface area contributed by atoms with Crippen molar-refractivity contribution in [3.05, 3.63) is 0 Å². The maximum absolute atomic E-state index is 13.1. The molecule has 0 aromatic heterocycles. The molecule has 6 aliphatic rings. The van der Waals surface area contributed by atoms with Crippen molar-refractivity contribution >= 4 is 83.8 Å². The Hall–Kier alpha value is 0.860. The summed E-state index contributed by atoms with van der Waals surface area (Å²) in [4.78, 5) is 12.6. The SMILES string of the molecule is C.CC.[B][C@H]1C[C@@H](O)[C@@H](COC(C)C)O1.[B][C@H]1C[C@@H](OC(C)C)[C@@H](CO)O1.[B][C@H]1C[C@@H](OC(C)C)[C@@H](COP(=O)(O[C@@H]2C[C@H]([B])O[C@@H]2COC(C)C)SC)O1.[B][C@H]1C[C@@H](OC(C)C)[C@@H](COP([O-])(=S)O[C@@H]2C[C@H]([B])O[C@@H]2COC(C)C)O1. The van der Waals surface area contributed by atoms with E-state index in [0.29, 0.717) is 51.7 Å². The van der Waals surface area contributed by atoms with E-state index in [1.165, 1.54) is 0 Å². The maximum Gasteiger partial charge on any atom is 0.389 e. The van der Waals surface area contributed by atoms with E-state index in [1.807, 2.05) is 96.9 Å². The number of rotatable bonds is 27. The van der Waals surface area contributed by atoms with E-state index >= 15 is 0 Å². The summed E-state index contributed by atoms with van der Waals surface area (Å²) in [5.74, 6) is 0. The van der Waals surface area contributed by atoms with Crippen LogP contribution in [0.25, 0.3) is 0 Å². The normalized spacial score (nSPS) is 34.9. The summed E-state index contributed by atoms with van der Waals surface area (Å²) in [5, 5.41) is 18.3. The molecular weight excluding hydrogens is 1140 g/mol. The van der Waals surface area contributed by atoms with Gasteiger partial charge < -0.3 is 81.0 Å². The molecule has 0 aromatic carbocycles. The highest BCUT2D eigenvalue weighted by atomic mass is 32.7. The Morgan fingerprint density at radius 3 is 1.11 bits per heavy atom. The minimum absolute atomic E-state index is 0. The third-order valence-electron chi connectivity index (χ3n) is 12.2. The molecule has 6 heterocycles. The molecule has 6 saturated heterocycles. The predicted molar refractivity (Wildman–Crippen MR) is 326 cm³/mol. The van der Waals surface area contributed by atoms with Crippen LogP contribution in [0.5, 0.6) is 0 Å². The van der Waals surface area contributed by atoms with Gasteiger partial charge in [0, 0.05) is 36.0 Å². The van der Waals surface area contributed by atoms with E-state index in [4.69, 9.17) is 139 Å². The molecule has 0 amide bonds. The summed E-state index contributed by atoms with van der Waals surface area (Å²) >= 11 is 6.08. The van der Waals surface area contributed by atoms with E-state index in [0.717, 1.165) is 11.4 Å². The van der Waals surface area contributed by atoms with Crippen LogP contribution in [0.15, 0.2) is 0 Å². The topological polar surface area (TPSA) is 228 Å². The maximum atomic E-state index is 13.1. The molecule has 0 aromatic rings. The third-order valence-corrected chi connectivity index (χ3v) is 17.2. The zero-order chi connectivity index (χ0) is 61.4. The molecule has 2 N–H and O–H groups in total. The molecule has 6 fully saturated rings. The van der Waals surface area contributed by atoms with Gasteiger partial charge in [-0.1, -0.05) is 33.1 Å². The van der Waals surface area contributed by atoms with Gasteiger partial charge in [-0.2, -0.15) is 0 Å². The lowest BCUT2D eigenvalue weighted by atomic mass is 9.96. The molecule has 6 rings (SSSR count). The average Bonchev–Trinajstić information content (AvgIpc) is 4.24. The van der Waals surface area contributed by atoms with Crippen LogP contribution in [0.2, 0.25) is 0 Å². The second-order valence-corrected chi connectivity index (χ2v) is 28.6. The minimum atomic E-state index is -3.77. The average molecular weight is 1240 g/mol. The van der Waals surface area contributed by atoms with Gasteiger partial charge in [0.15, 0.2) is 0 Å². The van der Waals surface area contributed by atoms with Crippen molar-refractivity contribution in [2.45, 2.75) is 289 Å². The van der Waals surface area contributed by atoms with Crippen molar-refractivity contribution in [2.24, 2.45) is 0 Å². The monoisotopic (exact) mass is 1240 g/mol. The fourth-order valence-electron chi connectivity index (χ4n) is 8.78. The Morgan fingerprint density at radius 2 is 0.780 bits per heavy atom. The fourth-order valence-corrected chi connectivity index (χ4v) is 12.5. The lowest BCUT2D eigenvalue weighted by molar-refractivity contribution is -0.216. The van der Waals surface area contributed by atoms with Crippen molar-refractivity contribution in [1.29, 1.82) is 0 Å². The highest BCUT2D eigenvalue weighted by molar-refractivity contribution is 8.54. The summed E-state index contributed by atoms with van der Waals surface area (Å²) in [6.45, 7) is 21.0. The Labute approximate surface area is 510 Å². The smallest absolute Gasteiger partial charge is 0.389 e. The van der Waals surface area contributed by atoms with E-state index < -0.39 is 80.3 Å². The van der Waals surface area contributed by atoms with E-state index in [-0.39, 0.29) is 113 Å². The van der Waals surface area contributed by atoms with Gasteiger partial charge in [0.05, 0.1) is 113 Å². The van der Waals surface area contributed by atoms with Crippen molar-refractivity contribution in [3.8, 4) is 0 Å². The molecule has 0 saturated carbocycles. The summed E-state index contributed by atoms with van der Waals surface area (Å²) in [7, 11) is 34.5. The van der Waals surface area contributed by atoms with Crippen LogP contribution >= 0.6 is 24.9 Å². The highest BCUT2D eigenvalue weighted by Gasteiger charge is 2.43. The molecule has 2 unspecified atom stereocenters. The number of aliphatic hydroxyl groups is 2. The third kappa shape index (κ3) is 32.0. The largest absolute Gasteiger partial charge is 0.780 e. The van der Waals surface area contributed by atoms with E-state index in [9.17, 15) is 14.6 Å². The van der Waals surface area contributed by atoms with Crippen molar-refractivity contribution in [1.82, 2.24) is 0 Å². The Morgan fingerprint density at radius 1 is 0.488 bits per heavy atom. The van der Waals surface area contributed by atoms with Crippen LogP contribution in [-0.4, -0.2) is 249 Å². The Bertz CT molecular complexity index is 1770. The molecule has 0 aliphatic carbocycles. The van der Waals surface area contributed by atoms with Crippen LogP contribution in [0.1, 0.15) is 143 Å². The molecule has 30 heteroatoms. The molecule has 82 heavy (non-hydrogen) atoms. The van der Waals surface area contributed by atoms with Gasteiger partial charge in [-0.05, 0) is 139 Å². The second kappa shape index (κ2) is 41.3. The van der Waals surface area contributed by atoms with Crippen LogP contribution in [0, 0.1) is 0 Å². The van der Waals surface area contributed by atoms with Gasteiger partial charge in [-0.3, -0.25) is 9.05 Å². The van der Waals surface area contributed by atoms with Crippen molar-refractivity contribution in [2.75, 3.05) is 45.9 Å². The van der Waals surface area contributed by atoms with Crippen molar-refractivity contribution in [3.63, 3.8) is 0 Å². The van der Waals surface area contributed by atoms with Crippen LogP contribution < -0.4 is 4.89 Å². The first kappa shape index (κ1) is 80.9. The zero-order valence-corrected chi connectivity index (χ0v) is 54.2. The van der Waals surface area contributed by atoms with Crippen LogP contribution in [0.4, 0.5) is 0 Å². The number of aliphatic hydroxyl groups excluding tert-OH is 2. The molecular formula is C52H99B6O20P2S2-. The van der Waals surface area contributed by atoms with E-state index in [1.54, 1.807) is 6.26 Å². The first-order chi connectivity index (χ1) is 37.9. The first-order valence-electron chi connectivity index (χ1n) is 28.6. The van der Waals surface area contributed by atoms with Crippen molar-refractivity contribution < 1.29 is 94.6 Å². The predicted octanol–water partition coefficient (Wildman–Crippen LogP) is 5.18. The van der Waals surface area contributed by atoms with Gasteiger partial charge >= 0.3 is 6.80 Å². The standard InChI is InChI=1S/C17H31B2O7PS.C16H29B2O7PS.2C8H15BO3.C2H6.CH4/c1-10(2)21-8-14-13(7-17(19)24-14)26-27(20,28-5)22-9-15-12(23-11(3)4)6-16(18)25-15;1-9(2)20-7-13-12(6-16(18)23-13)25-26(19,27)21-8-14-11(22-10(3)4)5-15(17)24-14;1-5(2)11-4-7-6(10)3-8(9)12-7;1-5(2)11-6-3-8(9)12-7(6)4-10;1-2;/h10-17H,6-9H2,1-5H3;9-16H,5-8H2,1-4H3,(H,19,27);2*5-8,10H,3-4H2,1-2H3;1-2H3;1H4/p-1/t12-,13-,14-,15-,16-,17-,27?;11-,12-,13-,14-,15-,16-,26?;2*6-,7-,8-;;/m1111../s1. The molecule has 0 spiro atoms. The molecule has 12 radical (unpaired) electrons. The first-order valence-corrected chi connectivity index (χ1v) is 34.5. The number of hydrogen-bond acceptors (Lipinski definition) is 22. The summed E-state index contributed by atoms with van der Waals surface area (Å²) in [6.07, 6.45) is 0.974. The molecule has 20 nitrogen and oxygen atoms in total. The van der Waals surface area contributed by atoms with Gasteiger partial charge in [0.25, 0.3) is 0 Å². The van der Waals surface area contributed by atoms with Gasteiger partial charge in [0.2, 0.25) is 0 Å². The highest BCUT2D eigenvalue weighted by Crippen LogP contribution is 2.61. The second-order valence-electron chi connectivity index (χ2n) is 21.7. The number of hydrogen-bond donors (Lipinski definition) is 2.